The highest BCUT2D eigenvalue weighted by Crippen LogP contribution is 2.37. The molecule has 1 saturated heterocycles. The maximum atomic E-state index is 9.92. The summed E-state index contributed by atoms with van der Waals surface area (Å²) in [7, 11) is 0. The van der Waals surface area contributed by atoms with Gasteiger partial charge in [-0.25, -0.2) is 0 Å². The molecule has 1 fully saturated rings. The van der Waals surface area contributed by atoms with Gasteiger partial charge in [0.1, 0.15) is 5.75 Å². The van der Waals surface area contributed by atoms with Crippen molar-refractivity contribution in [1.29, 1.82) is 0 Å². The SMILES string of the molecule is Oc1cc2c(cc1CNC1CCSCC1)OCO2. The summed E-state index contributed by atoms with van der Waals surface area (Å²) in [5.74, 6) is 4.08. The van der Waals surface area contributed by atoms with E-state index in [1.807, 2.05) is 17.8 Å². The Morgan fingerprint density at radius 2 is 1.94 bits per heavy atom. The van der Waals surface area contributed by atoms with Gasteiger partial charge in [0.15, 0.2) is 11.5 Å². The molecule has 98 valence electrons. The zero-order valence-electron chi connectivity index (χ0n) is 10.1. The second kappa shape index (κ2) is 5.28. The molecule has 0 bridgehead atoms. The molecule has 3 rings (SSSR count). The number of aromatic hydroxyl groups is 1. The van der Waals surface area contributed by atoms with E-state index in [2.05, 4.69) is 5.32 Å². The number of rotatable bonds is 3. The predicted octanol–water partition coefficient (Wildman–Crippen LogP) is 2.11. The van der Waals surface area contributed by atoms with Crippen LogP contribution in [0.3, 0.4) is 0 Å². The van der Waals surface area contributed by atoms with Gasteiger partial charge in [-0.1, -0.05) is 0 Å². The fourth-order valence-corrected chi connectivity index (χ4v) is 3.38. The Balaban J connectivity index is 1.65. The van der Waals surface area contributed by atoms with Crippen molar-refractivity contribution in [3.05, 3.63) is 17.7 Å². The van der Waals surface area contributed by atoms with Gasteiger partial charge in [-0.15, -0.1) is 0 Å². The van der Waals surface area contributed by atoms with Gasteiger partial charge in [-0.2, -0.15) is 11.8 Å². The van der Waals surface area contributed by atoms with Crippen molar-refractivity contribution in [2.24, 2.45) is 0 Å². The first kappa shape index (κ1) is 12.0. The zero-order chi connectivity index (χ0) is 12.4. The lowest BCUT2D eigenvalue weighted by atomic mass is 10.1. The van der Waals surface area contributed by atoms with Crippen molar-refractivity contribution in [3.63, 3.8) is 0 Å². The molecule has 4 nitrogen and oxygen atoms in total. The topological polar surface area (TPSA) is 50.7 Å². The summed E-state index contributed by atoms with van der Waals surface area (Å²) in [5.41, 5.74) is 0.873. The first-order chi connectivity index (χ1) is 8.83. The minimum atomic E-state index is 0.242. The molecule has 0 radical (unpaired) electrons. The minimum Gasteiger partial charge on any atom is -0.507 e. The second-order valence-corrected chi connectivity index (χ2v) is 5.83. The molecular formula is C13H17NO3S. The van der Waals surface area contributed by atoms with Crippen molar-refractivity contribution >= 4 is 11.8 Å². The molecule has 0 atom stereocenters. The molecule has 2 aliphatic heterocycles. The van der Waals surface area contributed by atoms with Crippen LogP contribution in [-0.4, -0.2) is 29.4 Å². The Bertz CT molecular complexity index is 432. The Morgan fingerprint density at radius 3 is 2.72 bits per heavy atom. The van der Waals surface area contributed by atoms with E-state index < -0.39 is 0 Å². The van der Waals surface area contributed by atoms with E-state index in [-0.39, 0.29) is 12.5 Å². The van der Waals surface area contributed by atoms with Crippen LogP contribution in [0.15, 0.2) is 12.1 Å². The highest BCUT2D eigenvalue weighted by Gasteiger charge is 2.18. The van der Waals surface area contributed by atoms with Crippen LogP contribution in [0.4, 0.5) is 0 Å². The van der Waals surface area contributed by atoms with Gasteiger partial charge >= 0.3 is 0 Å². The van der Waals surface area contributed by atoms with E-state index in [4.69, 9.17) is 9.47 Å². The number of phenols is 1. The Hall–Kier alpha value is -1.07. The summed E-state index contributed by atoms with van der Waals surface area (Å²) in [6, 6.07) is 4.06. The number of hydrogen-bond donors (Lipinski definition) is 2. The first-order valence-electron chi connectivity index (χ1n) is 6.25. The van der Waals surface area contributed by atoms with E-state index in [0.29, 0.717) is 18.3 Å². The number of hydrogen-bond acceptors (Lipinski definition) is 5. The number of fused-ring (bicyclic) bond motifs is 1. The van der Waals surface area contributed by atoms with E-state index in [9.17, 15) is 5.11 Å². The Labute approximate surface area is 111 Å². The standard InChI is InChI=1S/C13H17NO3S/c15-11-6-13-12(16-8-17-13)5-9(11)7-14-10-1-3-18-4-2-10/h5-6,10,14-15H,1-4,7-8H2. The van der Waals surface area contributed by atoms with Crippen LogP contribution in [-0.2, 0) is 6.54 Å². The summed E-state index contributed by atoms with van der Waals surface area (Å²) >= 11 is 2.01. The number of ether oxygens (including phenoxy) is 2. The fraction of sp³-hybridized carbons (Fsp3) is 0.538. The summed E-state index contributed by atoms with van der Waals surface area (Å²) in [6.07, 6.45) is 2.41. The molecule has 0 unspecified atom stereocenters. The van der Waals surface area contributed by atoms with Gasteiger partial charge in [0.05, 0.1) is 0 Å². The largest absolute Gasteiger partial charge is 0.507 e. The second-order valence-electron chi connectivity index (χ2n) is 4.60. The molecule has 0 spiro atoms. The van der Waals surface area contributed by atoms with Crippen LogP contribution in [0.25, 0.3) is 0 Å². The monoisotopic (exact) mass is 267 g/mol. The summed E-state index contributed by atoms with van der Waals surface area (Å²) in [4.78, 5) is 0. The molecule has 2 aliphatic rings. The minimum absolute atomic E-state index is 0.242. The maximum Gasteiger partial charge on any atom is 0.231 e. The molecule has 2 N–H and O–H groups in total. The Kier molecular flexibility index (Phi) is 3.52. The molecule has 1 aromatic rings. The number of phenolic OH excluding ortho intramolecular Hbond substituents is 1. The van der Waals surface area contributed by atoms with Crippen LogP contribution in [0.1, 0.15) is 18.4 Å². The average Bonchev–Trinajstić information content (AvgIpc) is 2.84. The van der Waals surface area contributed by atoms with Crippen LogP contribution in [0, 0.1) is 0 Å². The third-order valence-corrected chi connectivity index (χ3v) is 4.43. The fourth-order valence-electron chi connectivity index (χ4n) is 2.27. The van der Waals surface area contributed by atoms with Gasteiger partial charge < -0.3 is 19.9 Å². The summed E-state index contributed by atoms with van der Waals surface area (Å²) in [6.45, 7) is 0.920. The predicted molar refractivity (Wildman–Crippen MR) is 71.4 cm³/mol. The van der Waals surface area contributed by atoms with Gasteiger partial charge in [0.25, 0.3) is 0 Å². The van der Waals surface area contributed by atoms with E-state index in [0.717, 1.165) is 11.3 Å². The van der Waals surface area contributed by atoms with Crippen molar-refractivity contribution in [1.82, 2.24) is 5.32 Å². The van der Waals surface area contributed by atoms with Crippen LogP contribution in [0.2, 0.25) is 0 Å². The Morgan fingerprint density at radius 1 is 1.22 bits per heavy atom. The number of nitrogens with one attached hydrogen (secondary N) is 1. The van der Waals surface area contributed by atoms with Crippen molar-refractivity contribution in [2.45, 2.75) is 25.4 Å². The molecule has 5 heteroatoms. The first-order valence-corrected chi connectivity index (χ1v) is 7.41. The highest BCUT2D eigenvalue weighted by molar-refractivity contribution is 7.99. The average molecular weight is 267 g/mol. The quantitative estimate of drug-likeness (QED) is 0.878. The van der Waals surface area contributed by atoms with Gasteiger partial charge in [0.2, 0.25) is 6.79 Å². The molecule has 0 amide bonds. The van der Waals surface area contributed by atoms with Crippen molar-refractivity contribution in [2.75, 3.05) is 18.3 Å². The smallest absolute Gasteiger partial charge is 0.231 e. The maximum absolute atomic E-state index is 9.92. The molecule has 0 aromatic heterocycles. The van der Waals surface area contributed by atoms with Crippen molar-refractivity contribution in [3.8, 4) is 17.2 Å². The van der Waals surface area contributed by atoms with Crippen LogP contribution >= 0.6 is 11.8 Å². The molecule has 2 heterocycles. The third-order valence-electron chi connectivity index (χ3n) is 3.38. The van der Waals surface area contributed by atoms with E-state index in [1.165, 1.54) is 24.3 Å². The lowest BCUT2D eigenvalue weighted by molar-refractivity contribution is 0.174. The number of thioether (sulfide) groups is 1. The van der Waals surface area contributed by atoms with Gasteiger partial charge in [0, 0.05) is 24.2 Å². The lowest BCUT2D eigenvalue weighted by Crippen LogP contribution is -2.32. The molecule has 18 heavy (non-hydrogen) atoms. The lowest BCUT2D eigenvalue weighted by Gasteiger charge is -2.22. The molecule has 0 saturated carbocycles. The van der Waals surface area contributed by atoms with E-state index in [1.54, 1.807) is 6.07 Å². The van der Waals surface area contributed by atoms with Crippen LogP contribution in [0.5, 0.6) is 17.2 Å². The zero-order valence-corrected chi connectivity index (χ0v) is 11.0. The highest BCUT2D eigenvalue weighted by atomic mass is 32.2. The molecular weight excluding hydrogens is 250 g/mol. The normalized spacial score (nSPS) is 19.1. The van der Waals surface area contributed by atoms with Crippen LogP contribution < -0.4 is 14.8 Å². The van der Waals surface area contributed by atoms with Gasteiger partial charge in [-0.05, 0) is 30.4 Å². The molecule has 0 aliphatic carbocycles. The van der Waals surface area contributed by atoms with Crippen molar-refractivity contribution < 1.29 is 14.6 Å². The summed E-state index contributed by atoms with van der Waals surface area (Å²) < 4.78 is 10.5. The van der Waals surface area contributed by atoms with Gasteiger partial charge in [-0.3, -0.25) is 0 Å². The third kappa shape index (κ3) is 2.52. The summed E-state index contributed by atoms with van der Waals surface area (Å²) in [5, 5.41) is 13.4. The number of benzene rings is 1. The van der Waals surface area contributed by atoms with E-state index >= 15 is 0 Å². The molecule has 1 aromatic carbocycles.